The Balaban J connectivity index is 1.57. The summed E-state index contributed by atoms with van der Waals surface area (Å²) in [6.45, 7) is 0.411. The smallest absolute Gasteiger partial charge is 0.268 e. The van der Waals surface area contributed by atoms with Gasteiger partial charge in [0.25, 0.3) is 5.91 Å². The van der Waals surface area contributed by atoms with Crippen molar-refractivity contribution in [1.82, 2.24) is 15.6 Å². The van der Waals surface area contributed by atoms with Crippen LogP contribution < -0.4 is 10.6 Å². The topological polar surface area (TPSA) is 94.2 Å². The number of benzene rings is 1. The highest BCUT2D eigenvalue weighted by atomic mass is 16.3. The highest BCUT2D eigenvalue weighted by molar-refractivity contribution is 6.09. The fraction of sp³-hybridized carbons (Fsp3) is 0.400. The van der Waals surface area contributed by atoms with Gasteiger partial charge in [0.1, 0.15) is 5.69 Å². The molecular weight excluding hydrogens is 330 g/mol. The van der Waals surface area contributed by atoms with Crippen LogP contribution in [0.15, 0.2) is 30.3 Å². The predicted octanol–water partition coefficient (Wildman–Crippen LogP) is 2.10. The molecule has 2 amide bonds. The monoisotopic (exact) mass is 353 g/mol. The number of carbonyl (C=O) groups is 2. The summed E-state index contributed by atoms with van der Waals surface area (Å²) in [6.07, 6.45) is 5.02. The van der Waals surface area contributed by atoms with E-state index in [4.69, 9.17) is 0 Å². The van der Waals surface area contributed by atoms with Crippen molar-refractivity contribution in [2.75, 3.05) is 6.54 Å². The largest absolute Gasteiger partial charge is 0.393 e. The van der Waals surface area contributed by atoms with Crippen LogP contribution in [0.1, 0.15) is 48.2 Å². The van der Waals surface area contributed by atoms with Crippen molar-refractivity contribution >= 4 is 28.3 Å². The van der Waals surface area contributed by atoms with Crippen LogP contribution in [-0.4, -0.2) is 40.6 Å². The third-order valence-electron chi connectivity index (χ3n) is 5.28. The number of para-hydroxylation sites is 1. The summed E-state index contributed by atoms with van der Waals surface area (Å²) in [7, 11) is 0. The van der Waals surface area contributed by atoms with Crippen molar-refractivity contribution in [1.29, 1.82) is 0 Å². The van der Waals surface area contributed by atoms with Gasteiger partial charge in [-0.1, -0.05) is 24.3 Å². The lowest BCUT2D eigenvalue weighted by atomic mass is 9.92. The number of hydrogen-bond donors (Lipinski definition) is 4. The molecular formula is C20H23N3O3. The first kappa shape index (κ1) is 16.8. The maximum absolute atomic E-state index is 12.6. The van der Waals surface area contributed by atoms with Gasteiger partial charge in [0, 0.05) is 29.1 Å². The van der Waals surface area contributed by atoms with Gasteiger partial charge in [0.2, 0.25) is 5.91 Å². The Labute approximate surface area is 151 Å². The van der Waals surface area contributed by atoms with E-state index in [0.717, 1.165) is 47.7 Å². The van der Waals surface area contributed by atoms with Gasteiger partial charge in [0.05, 0.1) is 12.5 Å². The number of aromatic nitrogens is 1. The first-order valence-electron chi connectivity index (χ1n) is 9.17. The van der Waals surface area contributed by atoms with Crippen molar-refractivity contribution < 1.29 is 14.7 Å². The van der Waals surface area contributed by atoms with Crippen LogP contribution in [0.3, 0.4) is 0 Å². The SMILES string of the molecule is O=C(CC1=CCNC(=O)c2[nH]c3ccccc3c21)N[C@H]1CC[C@H](O)CC1. The Morgan fingerprint density at radius 2 is 1.96 bits per heavy atom. The summed E-state index contributed by atoms with van der Waals surface area (Å²) in [5.41, 5.74) is 3.10. The maximum atomic E-state index is 12.6. The van der Waals surface area contributed by atoms with E-state index < -0.39 is 0 Å². The minimum absolute atomic E-state index is 0.0387. The lowest BCUT2D eigenvalue weighted by molar-refractivity contribution is -0.121. The molecule has 0 spiro atoms. The number of hydrogen-bond acceptors (Lipinski definition) is 3. The van der Waals surface area contributed by atoms with Crippen LogP contribution in [0, 0.1) is 0 Å². The minimum Gasteiger partial charge on any atom is -0.393 e. The number of rotatable bonds is 3. The first-order chi connectivity index (χ1) is 12.6. The summed E-state index contributed by atoms with van der Waals surface area (Å²) in [5.74, 6) is -0.188. The maximum Gasteiger partial charge on any atom is 0.268 e. The Kier molecular flexibility index (Phi) is 4.51. The van der Waals surface area contributed by atoms with E-state index in [1.54, 1.807) is 0 Å². The fourth-order valence-corrected chi connectivity index (χ4v) is 3.94. The third kappa shape index (κ3) is 3.24. The molecule has 0 atom stereocenters. The number of nitrogens with one attached hydrogen (secondary N) is 3. The molecule has 136 valence electrons. The number of aliphatic hydroxyl groups excluding tert-OH is 1. The van der Waals surface area contributed by atoms with Gasteiger partial charge >= 0.3 is 0 Å². The van der Waals surface area contributed by atoms with E-state index in [1.807, 2.05) is 30.3 Å². The number of H-pyrrole nitrogens is 1. The van der Waals surface area contributed by atoms with Crippen LogP contribution in [0.2, 0.25) is 0 Å². The standard InChI is InChI=1S/C20H23N3O3/c24-14-7-5-13(6-8-14)22-17(25)11-12-9-10-21-20(26)19-18(12)15-3-1-2-4-16(15)23-19/h1-4,9,13-14,23-24H,5-8,10-11H2,(H,21,26)(H,22,25)/t13-,14-. The zero-order valence-electron chi connectivity index (χ0n) is 14.5. The summed E-state index contributed by atoms with van der Waals surface area (Å²) in [6, 6.07) is 7.88. The molecule has 1 aliphatic carbocycles. The molecule has 1 aromatic carbocycles. The lowest BCUT2D eigenvalue weighted by Gasteiger charge is -2.26. The summed E-state index contributed by atoms with van der Waals surface area (Å²) in [5, 5.41) is 16.5. The third-order valence-corrected chi connectivity index (χ3v) is 5.28. The molecule has 1 saturated carbocycles. The zero-order chi connectivity index (χ0) is 18.1. The number of aliphatic hydroxyl groups is 1. The minimum atomic E-state index is -0.237. The van der Waals surface area contributed by atoms with E-state index in [2.05, 4.69) is 15.6 Å². The van der Waals surface area contributed by atoms with E-state index in [-0.39, 0.29) is 30.4 Å². The van der Waals surface area contributed by atoms with E-state index in [9.17, 15) is 14.7 Å². The molecule has 1 aliphatic heterocycles. The Bertz CT molecular complexity index is 876. The average molecular weight is 353 g/mol. The van der Waals surface area contributed by atoms with Crippen molar-refractivity contribution in [2.24, 2.45) is 0 Å². The molecule has 0 radical (unpaired) electrons. The first-order valence-corrected chi connectivity index (χ1v) is 9.17. The molecule has 2 heterocycles. The highest BCUT2D eigenvalue weighted by Gasteiger charge is 2.25. The van der Waals surface area contributed by atoms with Crippen molar-refractivity contribution in [3.63, 3.8) is 0 Å². The fourth-order valence-electron chi connectivity index (χ4n) is 3.94. The number of amides is 2. The van der Waals surface area contributed by atoms with Crippen LogP contribution in [0.25, 0.3) is 16.5 Å². The van der Waals surface area contributed by atoms with Gasteiger partial charge in [-0.25, -0.2) is 0 Å². The predicted molar refractivity (Wildman–Crippen MR) is 99.6 cm³/mol. The number of carbonyl (C=O) groups excluding carboxylic acids is 2. The van der Waals surface area contributed by atoms with Gasteiger partial charge in [0.15, 0.2) is 0 Å². The van der Waals surface area contributed by atoms with Crippen molar-refractivity contribution in [3.8, 4) is 0 Å². The molecule has 26 heavy (non-hydrogen) atoms. The molecule has 0 saturated heterocycles. The Hall–Kier alpha value is -2.60. The normalized spacial score (nSPS) is 23.0. The van der Waals surface area contributed by atoms with Gasteiger partial charge in [-0.3, -0.25) is 9.59 Å². The van der Waals surface area contributed by atoms with Gasteiger partial charge in [-0.2, -0.15) is 0 Å². The molecule has 2 aliphatic rings. The second-order valence-corrected chi connectivity index (χ2v) is 7.11. The molecule has 4 rings (SSSR count). The van der Waals surface area contributed by atoms with Gasteiger partial charge < -0.3 is 20.7 Å². The van der Waals surface area contributed by atoms with Crippen LogP contribution in [0.4, 0.5) is 0 Å². The van der Waals surface area contributed by atoms with Crippen molar-refractivity contribution in [3.05, 3.63) is 41.6 Å². The van der Waals surface area contributed by atoms with E-state index in [1.165, 1.54) is 0 Å². The van der Waals surface area contributed by atoms with Crippen LogP contribution in [-0.2, 0) is 4.79 Å². The molecule has 2 aromatic rings. The lowest BCUT2D eigenvalue weighted by Crippen LogP contribution is -2.38. The summed E-state index contributed by atoms with van der Waals surface area (Å²) >= 11 is 0. The quantitative estimate of drug-likeness (QED) is 0.681. The van der Waals surface area contributed by atoms with Crippen LogP contribution in [0.5, 0.6) is 0 Å². The summed E-state index contributed by atoms with van der Waals surface area (Å²) in [4.78, 5) is 28.1. The van der Waals surface area contributed by atoms with E-state index >= 15 is 0 Å². The second-order valence-electron chi connectivity index (χ2n) is 7.11. The van der Waals surface area contributed by atoms with Gasteiger partial charge in [-0.05, 0) is 37.3 Å². The van der Waals surface area contributed by atoms with Crippen LogP contribution >= 0.6 is 0 Å². The molecule has 0 unspecified atom stereocenters. The van der Waals surface area contributed by atoms with Gasteiger partial charge in [-0.15, -0.1) is 0 Å². The average Bonchev–Trinajstić information content (AvgIpc) is 2.95. The molecule has 4 N–H and O–H groups in total. The van der Waals surface area contributed by atoms with E-state index in [0.29, 0.717) is 12.2 Å². The Morgan fingerprint density at radius 1 is 1.19 bits per heavy atom. The molecule has 1 fully saturated rings. The zero-order valence-corrected chi connectivity index (χ0v) is 14.5. The molecule has 1 aromatic heterocycles. The van der Waals surface area contributed by atoms with Crippen molar-refractivity contribution in [2.45, 2.75) is 44.2 Å². The second kappa shape index (κ2) is 6.96. The number of aromatic amines is 1. The summed E-state index contributed by atoms with van der Waals surface area (Å²) < 4.78 is 0. The molecule has 0 bridgehead atoms. The molecule has 6 nitrogen and oxygen atoms in total. The Morgan fingerprint density at radius 3 is 2.77 bits per heavy atom. The molecule has 6 heteroatoms. The highest BCUT2D eigenvalue weighted by Crippen LogP contribution is 2.32. The number of fused-ring (bicyclic) bond motifs is 3.